The lowest BCUT2D eigenvalue weighted by Gasteiger charge is -2.20. The first-order valence-corrected chi connectivity index (χ1v) is 18.1. The van der Waals surface area contributed by atoms with Crippen LogP contribution < -0.4 is 37.9 Å². The van der Waals surface area contributed by atoms with Gasteiger partial charge in [-0.2, -0.15) is 0 Å². The van der Waals surface area contributed by atoms with Crippen LogP contribution in [0.15, 0.2) is 54.6 Å². The lowest BCUT2D eigenvalue weighted by Crippen LogP contribution is -2.08. The van der Waals surface area contributed by atoms with E-state index in [-0.39, 0.29) is 22.8 Å². The van der Waals surface area contributed by atoms with Gasteiger partial charge in [0, 0.05) is 27.8 Å². The van der Waals surface area contributed by atoms with Crippen LogP contribution in [0, 0.1) is 0 Å². The van der Waals surface area contributed by atoms with Gasteiger partial charge in [-0.25, -0.2) is 0 Å². The average molecular weight is 785 g/mol. The maximum Gasteiger partial charge on any atom is 0.203 e. The Morgan fingerprint density at radius 1 is 0.491 bits per heavy atom. The van der Waals surface area contributed by atoms with E-state index in [1.54, 1.807) is 46.6 Å². The normalized spacial score (nSPS) is 13.1. The highest BCUT2D eigenvalue weighted by atomic mass is 16.5. The fourth-order valence-electron chi connectivity index (χ4n) is 7.15. The van der Waals surface area contributed by atoms with Crippen LogP contribution in [0.3, 0.4) is 0 Å². The molecule has 57 heavy (non-hydrogen) atoms. The van der Waals surface area contributed by atoms with Gasteiger partial charge in [-0.3, -0.25) is 9.59 Å². The molecule has 13 nitrogen and oxygen atoms in total. The van der Waals surface area contributed by atoms with Crippen LogP contribution >= 0.6 is 0 Å². The van der Waals surface area contributed by atoms with Crippen molar-refractivity contribution in [1.82, 2.24) is 0 Å². The van der Waals surface area contributed by atoms with Gasteiger partial charge in [0.2, 0.25) is 17.2 Å². The molecule has 0 aliphatic heterocycles. The lowest BCUT2D eigenvalue weighted by molar-refractivity contribution is 0.104. The Morgan fingerprint density at radius 3 is 1.39 bits per heavy atom. The van der Waals surface area contributed by atoms with E-state index < -0.39 is 17.3 Å². The monoisotopic (exact) mass is 784 g/mol. The highest BCUT2D eigenvalue weighted by Crippen LogP contribution is 2.48. The van der Waals surface area contributed by atoms with Crippen LogP contribution in [0.4, 0.5) is 0 Å². The van der Waals surface area contributed by atoms with E-state index in [1.807, 2.05) is 18.2 Å². The molecule has 2 aliphatic carbocycles. The number of aromatic hydroxyl groups is 3. The van der Waals surface area contributed by atoms with Gasteiger partial charge in [0.05, 0.1) is 62.4 Å². The zero-order chi connectivity index (χ0) is 41.4. The number of carbonyl (C=O) groups excluding carboxylic acids is 2. The Bertz CT molecular complexity index is 2220. The molecule has 3 N–H and O–H groups in total. The molecule has 13 heteroatoms. The second kappa shape index (κ2) is 18.4. The number of fused-ring (bicyclic) bond motifs is 2. The van der Waals surface area contributed by atoms with Gasteiger partial charge in [-0.05, 0) is 92.1 Å². The van der Waals surface area contributed by atoms with Crippen molar-refractivity contribution in [2.24, 2.45) is 0 Å². The molecule has 0 saturated carbocycles. The molecule has 0 spiro atoms. The van der Waals surface area contributed by atoms with Gasteiger partial charge in [-0.15, -0.1) is 0 Å². The second-order valence-corrected chi connectivity index (χ2v) is 12.9. The number of ether oxygens (including phenoxy) is 8. The Labute approximate surface area is 331 Å². The first kappa shape index (κ1) is 41.7. The number of phenolic OH excluding ortho intramolecular Hbond substituents is 3. The van der Waals surface area contributed by atoms with Crippen molar-refractivity contribution in [3.63, 3.8) is 0 Å². The van der Waals surface area contributed by atoms with Crippen molar-refractivity contribution >= 4 is 22.7 Å². The van der Waals surface area contributed by atoms with E-state index in [2.05, 4.69) is 0 Å². The van der Waals surface area contributed by atoms with Crippen molar-refractivity contribution < 1.29 is 62.8 Å². The predicted octanol–water partition coefficient (Wildman–Crippen LogP) is 7.76. The van der Waals surface area contributed by atoms with Crippen molar-refractivity contribution in [1.29, 1.82) is 0 Å². The molecule has 0 saturated heterocycles. The van der Waals surface area contributed by atoms with Gasteiger partial charge in [0.15, 0.2) is 57.6 Å². The van der Waals surface area contributed by atoms with E-state index in [0.717, 1.165) is 42.4 Å². The summed E-state index contributed by atoms with van der Waals surface area (Å²) in [6, 6.07) is 11.1. The number of hydrogen-bond donors (Lipinski definition) is 3. The van der Waals surface area contributed by atoms with E-state index >= 15 is 0 Å². The van der Waals surface area contributed by atoms with Crippen LogP contribution in [-0.2, 0) is 12.8 Å². The average Bonchev–Trinajstić information content (AvgIpc) is 3.59. The summed E-state index contributed by atoms with van der Waals surface area (Å²) in [5.41, 5.74) is 4.47. The molecular formula is C44H48O13. The van der Waals surface area contributed by atoms with Gasteiger partial charge < -0.3 is 53.2 Å². The maximum absolute atomic E-state index is 13.3. The first-order valence-electron chi connectivity index (χ1n) is 18.1. The van der Waals surface area contributed by atoms with Gasteiger partial charge in [0.1, 0.15) is 0 Å². The van der Waals surface area contributed by atoms with E-state index in [0.29, 0.717) is 75.4 Å². The van der Waals surface area contributed by atoms with Crippen molar-refractivity contribution in [2.45, 2.75) is 38.5 Å². The predicted molar refractivity (Wildman–Crippen MR) is 214 cm³/mol. The minimum Gasteiger partial charge on any atom is -0.504 e. The third kappa shape index (κ3) is 8.09. The Kier molecular flexibility index (Phi) is 13.5. The quantitative estimate of drug-likeness (QED) is 0.0942. The Balaban J connectivity index is 0.000000218. The lowest BCUT2D eigenvalue weighted by atomic mass is 9.91. The highest BCUT2D eigenvalue weighted by molar-refractivity contribution is 6.31. The third-order valence-electron chi connectivity index (χ3n) is 9.91. The third-order valence-corrected chi connectivity index (χ3v) is 9.91. The van der Waals surface area contributed by atoms with Crippen molar-refractivity contribution in [2.75, 3.05) is 56.9 Å². The molecule has 0 bridgehead atoms. The summed E-state index contributed by atoms with van der Waals surface area (Å²) in [6.07, 6.45) is 8.32. The standard InChI is InChI=1S/C22H24O7.C22H24O6/c1-26-16-10-9-14(19(24)20(16)25)18(23)12-7-5-6-8-13-15(12)11-17(27-2)22(29-4)21(13)28-3;1-25-18-10-9-13(11-17(18)23)20(24)14-7-5-6-8-15-16(14)12-19(26-2)22(28-4)21(15)27-3/h7,9-11,24-25H,5-6,8H2,1-4H3;7,9-12,23H,5-6,8H2,1-4H3. The maximum atomic E-state index is 13.3. The number of hydrogen-bond acceptors (Lipinski definition) is 13. The molecule has 0 amide bonds. The summed E-state index contributed by atoms with van der Waals surface area (Å²) >= 11 is 0. The number of allylic oxidation sites excluding steroid dienone is 4. The number of ketones is 2. The topological polar surface area (TPSA) is 169 Å². The smallest absolute Gasteiger partial charge is 0.203 e. The number of benzene rings is 4. The molecule has 0 fully saturated rings. The second-order valence-electron chi connectivity index (χ2n) is 12.9. The summed E-state index contributed by atoms with van der Waals surface area (Å²) in [5.74, 6) is 1.74. The molecular weight excluding hydrogens is 736 g/mol. The molecule has 0 atom stereocenters. The number of rotatable bonds is 12. The molecule has 4 aromatic carbocycles. The number of phenols is 3. The molecule has 0 unspecified atom stereocenters. The summed E-state index contributed by atoms with van der Waals surface area (Å²) in [5, 5.41) is 30.5. The van der Waals surface area contributed by atoms with Crippen LogP contribution in [-0.4, -0.2) is 83.8 Å². The van der Waals surface area contributed by atoms with Gasteiger partial charge in [-0.1, -0.05) is 12.2 Å². The van der Waals surface area contributed by atoms with Gasteiger partial charge in [0.25, 0.3) is 0 Å². The van der Waals surface area contributed by atoms with Crippen LogP contribution in [0.1, 0.15) is 68.7 Å². The Morgan fingerprint density at radius 2 is 0.947 bits per heavy atom. The minimum atomic E-state index is -0.520. The first-order chi connectivity index (χ1) is 27.5. The minimum absolute atomic E-state index is 0.0175. The summed E-state index contributed by atoms with van der Waals surface area (Å²) in [6.45, 7) is 0. The fraction of sp³-hybridized carbons (Fsp3) is 0.318. The SMILES string of the molecule is COc1ccc(C(=O)C2=CCCCc3c2cc(OC)c(OC)c3OC)c(O)c1O.COc1ccc(C(=O)C2=CCCCc3c2cc(OC)c(OC)c3OC)cc1O. The summed E-state index contributed by atoms with van der Waals surface area (Å²) < 4.78 is 43.1. The molecule has 0 radical (unpaired) electrons. The van der Waals surface area contributed by atoms with Crippen LogP contribution in [0.25, 0.3) is 11.1 Å². The van der Waals surface area contributed by atoms with Crippen LogP contribution in [0.2, 0.25) is 0 Å². The number of Topliss-reactive ketones (excluding diaryl/α,β-unsaturated/α-hetero) is 2. The summed E-state index contributed by atoms with van der Waals surface area (Å²) in [4.78, 5) is 26.6. The summed E-state index contributed by atoms with van der Waals surface area (Å²) in [7, 11) is 12.1. The molecule has 0 aromatic heterocycles. The van der Waals surface area contributed by atoms with E-state index in [4.69, 9.17) is 37.9 Å². The van der Waals surface area contributed by atoms with E-state index in [9.17, 15) is 24.9 Å². The van der Waals surface area contributed by atoms with Crippen molar-refractivity contribution in [3.8, 4) is 63.2 Å². The zero-order valence-electron chi connectivity index (χ0n) is 33.4. The van der Waals surface area contributed by atoms with Crippen molar-refractivity contribution in [3.05, 3.63) is 88.0 Å². The molecule has 302 valence electrons. The van der Waals surface area contributed by atoms with Crippen LogP contribution in [0.5, 0.6) is 63.2 Å². The fourth-order valence-corrected chi connectivity index (χ4v) is 7.15. The molecule has 6 rings (SSSR count). The zero-order valence-corrected chi connectivity index (χ0v) is 33.4. The van der Waals surface area contributed by atoms with Gasteiger partial charge >= 0.3 is 0 Å². The highest BCUT2D eigenvalue weighted by Gasteiger charge is 2.30. The van der Waals surface area contributed by atoms with E-state index in [1.165, 1.54) is 46.6 Å². The molecule has 0 heterocycles. The largest absolute Gasteiger partial charge is 0.504 e. The Hall–Kier alpha value is -6.50. The molecule has 2 aliphatic rings. The molecule has 4 aromatic rings. The number of methoxy groups -OCH3 is 8. The number of carbonyl (C=O) groups is 2.